The van der Waals surface area contributed by atoms with Crippen molar-refractivity contribution in [1.29, 1.82) is 0 Å². The van der Waals surface area contributed by atoms with E-state index in [0.29, 0.717) is 11.5 Å². The molecule has 2 amide bonds. The third kappa shape index (κ3) is 4.81. The SMILES string of the molecule is CCOc1ccc(C23CC4CC(CC(C4)C2)C3)cc1/C=C1\SC(=O)N(CCOc2cccc(C)c2)C1=O. The van der Waals surface area contributed by atoms with E-state index in [0.717, 1.165) is 52.1 Å². The predicted molar refractivity (Wildman–Crippen MR) is 147 cm³/mol. The second kappa shape index (κ2) is 9.86. The van der Waals surface area contributed by atoms with Crippen LogP contribution in [0.3, 0.4) is 0 Å². The first-order valence-electron chi connectivity index (χ1n) is 13.6. The molecule has 0 N–H and O–H groups in total. The summed E-state index contributed by atoms with van der Waals surface area (Å²) in [6.07, 6.45) is 9.93. The van der Waals surface area contributed by atoms with E-state index in [1.807, 2.05) is 44.2 Å². The van der Waals surface area contributed by atoms with Gasteiger partial charge >= 0.3 is 0 Å². The van der Waals surface area contributed by atoms with Gasteiger partial charge in [0.2, 0.25) is 0 Å². The highest BCUT2D eigenvalue weighted by atomic mass is 32.2. The number of imide groups is 1. The summed E-state index contributed by atoms with van der Waals surface area (Å²) in [5.74, 6) is 3.83. The molecule has 2 aromatic carbocycles. The smallest absolute Gasteiger partial charge is 0.293 e. The molecule has 1 saturated heterocycles. The van der Waals surface area contributed by atoms with Gasteiger partial charge in [0.25, 0.3) is 11.1 Å². The van der Waals surface area contributed by atoms with E-state index in [4.69, 9.17) is 9.47 Å². The van der Waals surface area contributed by atoms with Crippen molar-refractivity contribution < 1.29 is 19.1 Å². The Morgan fingerprint density at radius 2 is 1.73 bits per heavy atom. The Labute approximate surface area is 223 Å². The topological polar surface area (TPSA) is 55.8 Å². The van der Waals surface area contributed by atoms with E-state index in [1.54, 1.807) is 0 Å². The van der Waals surface area contributed by atoms with Crippen LogP contribution in [-0.2, 0) is 10.2 Å². The average molecular weight is 518 g/mol. The third-order valence-electron chi connectivity index (χ3n) is 8.69. The highest BCUT2D eigenvalue weighted by Crippen LogP contribution is 2.61. The Bertz CT molecular complexity index is 1220. The fourth-order valence-corrected chi connectivity index (χ4v) is 8.39. The van der Waals surface area contributed by atoms with E-state index in [2.05, 4.69) is 18.2 Å². The van der Waals surface area contributed by atoms with Gasteiger partial charge in [-0.3, -0.25) is 14.5 Å². The lowest BCUT2D eigenvalue weighted by molar-refractivity contribution is -0.123. The van der Waals surface area contributed by atoms with Crippen LogP contribution < -0.4 is 9.47 Å². The number of nitrogens with zero attached hydrogens (tertiary/aromatic N) is 1. The zero-order chi connectivity index (χ0) is 25.6. The summed E-state index contributed by atoms with van der Waals surface area (Å²) in [4.78, 5) is 27.7. The van der Waals surface area contributed by atoms with Crippen LogP contribution in [0.5, 0.6) is 11.5 Å². The van der Waals surface area contributed by atoms with Gasteiger partial charge in [-0.2, -0.15) is 0 Å². The monoisotopic (exact) mass is 517 g/mol. The first-order valence-corrected chi connectivity index (χ1v) is 14.5. The van der Waals surface area contributed by atoms with Crippen LogP contribution in [0.15, 0.2) is 47.4 Å². The molecule has 6 heteroatoms. The van der Waals surface area contributed by atoms with Gasteiger partial charge in [0.05, 0.1) is 18.1 Å². The number of hydrogen-bond acceptors (Lipinski definition) is 5. The number of aryl methyl sites for hydroxylation is 1. The lowest BCUT2D eigenvalue weighted by Crippen LogP contribution is -2.48. The molecule has 5 nitrogen and oxygen atoms in total. The second-order valence-corrected chi connectivity index (χ2v) is 12.4. The molecule has 4 aliphatic carbocycles. The molecule has 2 aromatic rings. The Morgan fingerprint density at radius 1 is 1.00 bits per heavy atom. The van der Waals surface area contributed by atoms with E-state index in [-0.39, 0.29) is 29.7 Å². The van der Waals surface area contributed by atoms with Gasteiger partial charge in [0.1, 0.15) is 18.1 Å². The van der Waals surface area contributed by atoms with Gasteiger partial charge in [-0.1, -0.05) is 18.2 Å². The van der Waals surface area contributed by atoms with Crippen LogP contribution in [0, 0.1) is 24.7 Å². The van der Waals surface area contributed by atoms with Crippen LogP contribution in [0.25, 0.3) is 6.08 Å². The minimum atomic E-state index is -0.259. The number of thioether (sulfide) groups is 1. The number of carbonyl (C=O) groups excluding carboxylic acids is 2. The third-order valence-corrected chi connectivity index (χ3v) is 9.60. The molecule has 0 unspecified atom stereocenters. The minimum Gasteiger partial charge on any atom is -0.493 e. The van der Waals surface area contributed by atoms with E-state index < -0.39 is 0 Å². The van der Waals surface area contributed by atoms with Crippen molar-refractivity contribution in [2.45, 2.75) is 57.8 Å². The zero-order valence-corrected chi connectivity index (χ0v) is 22.5. The van der Waals surface area contributed by atoms with Gasteiger partial charge in [0, 0.05) is 5.56 Å². The molecule has 194 valence electrons. The molecule has 0 spiro atoms. The number of rotatable bonds is 8. The summed E-state index contributed by atoms with van der Waals surface area (Å²) in [6, 6.07) is 14.3. The summed E-state index contributed by atoms with van der Waals surface area (Å²) < 4.78 is 11.7. The Morgan fingerprint density at radius 3 is 2.41 bits per heavy atom. The Balaban J connectivity index is 1.22. The average Bonchev–Trinajstić information content (AvgIpc) is 3.12. The number of hydrogen-bond donors (Lipinski definition) is 0. The van der Waals surface area contributed by atoms with Crippen molar-refractivity contribution in [2.24, 2.45) is 17.8 Å². The molecule has 0 aromatic heterocycles. The minimum absolute atomic E-state index is 0.224. The van der Waals surface area contributed by atoms with Crippen LogP contribution in [0.2, 0.25) is 0 Å². The molecule has 5 fully saturated rings. The van der Waals surface area contributed by atoms with Gasteiger partial charge in [0.15, 0.2) is 0 Å². The summed E-state index contributed by atoms with van der Waals surface area (Å²) in [5.41, 5.74) is 3.64. The highest BCUT2D eigenvalue weighted by molar-refractivity contribution is 8.18. The van der Waals surface area contributed by atoms with Crippen molar-refractivity contribution in [2.75, 3.05) is 19.8 Å². The summed E-state index contributed by atoms with van der Waals surface area (Å²) in [7, 11) is 0. The lowest BCUT2D eigenvalue weighted by atomic mass is 9.48. The standard InChI is InChI=1S/C31H35NO4S/c1-3-35-27-8-7-25(31-17-21-12-22(18-31)14-23(13-21)19-31)15-24(27)16-28-29(33)32(30(34)37-28)9-10-36-26-6-4-5-20(2)11-26/h4-8,11,15-16,21-23H,3,9-10,12-14,17-19H2,1-2H3/b28-16-. The molecule has 7 rings (SSSR count). The van der Waals surface area contributed by atoms with Crippen LogP contribution in [0.1, 0.15) is 62.1 Å². The van der Waals surface area contributed by atoms with Crippen molar-refractivity contribution in [3.8, 4) is 11.5 Å². The van der Waals surface area contributed by atoms with Gasteiger partial charge in [-0.15, -0.1) is 0 Å². The first-order chi connectivity index (χ1) is 17.9. The molecule has 4 saturated carbocycles. The number of benzene rings is 2. The lowest BCUT2D eigenvalue weighted by Gasteiger charge is -2.57. The van der Waals surface area contributed by atoms with Gasteiger partial charge < -0.3 is 9.47 Å². The summed E-state index contributed by atoms with van der Waals surface area (Å²) in [6.45, 7) is 5.01. The van der Waals surface area contributed by atoms with Crippen molar-refractivity contribution in [1.82, 2.24) is 4.90 Å². The maximum Gasteiger partial charge on any atom is 0.293 e. The summed E-state index contributed by atoms with van der Waals surface area (Å²) in [5, 5.41) is -0.251. The van der Waals surface area contributed by atoms with Crippen LogP contribution >= 0.6 is 11.8 Å². The number of amides is 2. The fourth-order valence-electron chi connectivity index (χ4n) is 7.54. The maximum absolute atomic E-state index is 13.2. The van der Waals surface area contributed by atoms with E-state index in [1.165, 1.54) is 49.0 Å². The fraction of sp³-hybridized carbons (Fsp3) is 0.484. The molecular weight excluding hydrogens is 482 g/mol. The maximum atomic E-state index is 13.2. The molecular formula is C31H35NO4S. The zero-order valence-electron chi connectivity index (χ0n) is 21.7. The van der Waals surface area contributed by atoms with E-state index in [9.17, 15) is 9.59 Å². The second-order valence-electron chi connectivity index (χ2n) is 11.4. The Kier molecular flexibility index (Phi) is 6.56. The Hall–Kier alpha value is -2.73. The van der Waals surface area contributed by atoms with Crippen LogP contribution in [0.4, 0.5) is 4.79 Å². The molecule has 37 heavy (non-hydrogen) atoms. The van der Waals surface area contributed by atoms with E-state index >= 15 is 0 Å². The van der Waals surface area contributed by atoms with Gasteiger partial charge in [-0.25, -0.2) is 0 Å². The normalized spacial score (nSPS) is 29.4. The largest absolute Gasteiger partial charge is 0.493 e. The molecule has 5 aliphatic rings. The van der Waals surface area contributed by atoms with Gasteiger partial charge in [-0.05, 0) is 129 Å². The van der Waals surface area contributed by atoms with Crippen LogP contribution in [-0.4, -0.2) is 35.8 Å². The molecule has 1 heterocycles. The summed E-state index contributed by atoms with van der Waals surface area (Å²) >= 11 is 1.00. The van der Waals surface area contributed by atoms with Crippen molar-refractivity contribution in [3.05, 3.63) is 64.1 Å². The number of ether oxygens (including phenoxy) is 2. The molecule has 4 bridgehead atoms. The number of carbonyl (C=O) groups is 2. The van der Waals surface area contributed by atoms with Crippen molar-refractivity contribution >= 4 is 29.0 Å². The predicted octanol–water partition coefficient (Wildman–Crippen LogP) is 6.98. The highest BCUT2D eigenvalue weighted by Gasteiger charge is 2.51. The molecule has 0 atom stereocenters. The molecule has 0 radical (unpaired) electrons. The quantitative estimate of drug-likeness (QED) is 0.354. The first kappa shape index (κ1) is 24.6. The molecule has 1 aliphatic heterocycles. The van der Waals surface area contributed by atoms with Crippen molar-refractivity contribution in [3.63, 3.8) is 0 Å².